The van der Waals surface area contributed by atoms with Gasteiger partial charge in [-0.3, -0.25) is 4.79 Å². The lowest BCUT2D eigenvalue weighted by Crippen LogP contribution is -2.22. The van der Waals surface area contributed by atoms with Gasteiger partial charge in [-0.15, -0.1) is 0 Å². The molecule has 0 saturated heterocycles. The number of aromatic nitrogens is 2. The first-order valence-corrected chi connectivity index (χ1v) is 8.91. The molecule has 0 unspecified atom stereocenters. The zero-order valence-electron chi connectivity index (χ0n) is 15.3. The highest BCUT2D eigenvalue weighted by molar-refractivity contribution is 5.93. The number of amides is 1. The van der Waals surface area contributed by atoms with Crippen molar-refractivity contribution in [3.05, 3.63) is 78.6 Å². The van der Waals surface area contributed by atoms with Crippen LogP contribution in [-0.4, -0.2) is 22.4 Å². The van der Waals surface area contributed by atoms with E-state index in [4.69, 9.17) is 10.5 Å². The third-order valence-corrected chi connectivity index (χ3v) is 4.20. The van der Waals surface area contributed by atoms with Gasteiger partial charge >= 0.3 is 0 Å². The molecule has 1 heterocycles. The van der Waals surface area contributed by atoms with Crippen LogP contribution in [0.2, 0.25) is 0 Å². The maximum absolute atomic E-state index is 13.0. The first kappa shape index (κ1) is 18.4. The second kappa shape index (κ2) is 7.93. The predicted molar refractivity (Wildman–Crippen MR) is 109 cm³/mol. The standard InChI is InChI=1S/C22H17FN4O2/c23-15-7-11-17(12-8-15)29-16-9-5-14(6-10-16)21-18-3-1-2-4-19(18)26-22(27-21)25-13-20(24)28/h1-12H,13H2,(H2,24,28)(H,25,26,27). The first-order valence-electron chi connectivity index (χ1n) is 8.91. The molecule has 1 amide bonds. The molecule has 144 valence electrons. The van der Waals surface area contributed by atoms with Gasteiger partial charge in [0.05, 0.1) is 17.8 Å². The molecule has 0 aliphatic heterocycles. The molecular weight excluding hydrogens is 371 g/mol. The number of carbonyl (C=O) groups excluding carboxylic acids is 1. The van der Waals surface area contributed by atoms with Crippen LogP contribution in [-0.2, 0) is 4.79 Å². The number of benzene rings is 3. The second-order valence-electron chi connectivity index (χ2n) is 6.31. The fourth-order valence-electron chi connectivity index (χ4n) is 2.86. The summed E-state index contributed by atoms with van der Waals surface area (Å²) in [6.07, 6.45) is 0. The van der Waals surface area contributed by atoms with Crippen molar-refractivity contribution in [2.24, 2.45) is 5.73 Å². The number of nitrogens with two attached hydrogens (primary N) is 1. The van der Waals surface area contributed by atoms with Crippen LogP contribution in [0.3, 0.4) is 0 Å². The molecule has 4 aromatic rings. The number of rotatable bonds is 6. The summed E-state index contributed by atoms with van der Waals surface area (Å²) in [4.78, 5) is 20.0. The van der Waals surface area contributed by atoms with Crippen molar-refractivity contribution in [3.8, 4) is 22.8 Å². The van der Waals surface area contributed by atoms with Gasteiger partial charge in [-0.2, -0.15) is 0 Å². The van der Waals surface area contributed by atoms with E-state index >= 15 is 0 Å². The van der Waals surface area contributed by atoms with E-state index in [0.29, 0.717) is 17.4 Å². The summed E-state index contributed by atoms with van der Waals surface area (Å²) in [7, 11) is 0. The minimum absolute atomic E-state index is 0.0533. The molecule has 4 rings (SSSR count). The number of primary amides is 1. The van der Waals surface area contributed by atoms with E-state index in [2.05, 4.69) is 15.3 Å². The molecule has 0 saturated carbocycles. The average molecular weight is 388 g/mol. The smallest absolute Gasteiger partial charge is 0.236 e. The van der Waals surface area contributed by atoms with E-state index in [1.807, 2.05) is 48.5 Å². The molecule has 0 bridgehead atoms. The Bertz CT molecular complexity index is 1160. The highest BCUT2D eigenvalue weighted by Gasteiger charge is 2.10. The Labute approximate surface area is 166 Å². The third kappa shape index (κ3) is 4.30. The molecule has 29 heavy (non-hydrogen) atoms. The minimum atomic E-state index is -0.495. The van der Waals surface area contributed by atoms with E-state index in [0.717, 1.165) is 22.2 Å². The van der Waals surface area contributed by atoms with Crippen molar-refractivity contribution in [2.45, 2.75) is 0 Å². The zero-order valence-corrected chi connectivity index (χ0v) is 15.3. The van der Waals surface area contributed by atoms with Gasteiger partial charge in [0.2, 0.25) is 11.9 Å². The zero-order chi connectivity index (χ0) is 20.2. The van der Waals surface area contributed by atoms with E-state index in [-0.39, 0.29) is 12.4 Å². The van der Waals surface area contributed by atoms with Crippen molar-refractivity contribution in [1.29, 1.82) is 0 Å². The van der Waals surface area contributed by atoms with Crippen LogP contribution < -0.4 is 15.8 Å². The number of carbonyl (C=O) groups is 1. The fraction of sp³-hybridized carbons (Fsp3) is 0.0455. The van der Waals surface area contributed by atoms with Crippen molar-refractivity contribution in [2.75, 3.05) is 11.9 Å². The molecule has 6 nitrogen and oxygen atoms in total. The second-order valence-corrected chi connectivity index (χ2v) is 6.31. The number of para-hydroxylation sites is 1. The summed E-state index contributed by atoms with van der Waals surface area (Å²) < 4.78 is 18.8. The van der Waals surface area contributed by atoms with Crippen molar-refractivity contribution in [3.63, 3.8) is 0 Å². The molecule has 3 aromatic carbocycles. The molecular formula is C22H17FN4O2. The summed E-state index contributed by atoms with van der Waals surface area (Å²) in [5.74, 6) is 0.675. The SMILES string of the molecule is NC(=O)CNc1nc(-c2ccc(Oc3ccc(F)cc3)cc2)c2ccccc2n1. The summed E-state index contributed by atoms with van der Waals surface area (Å²) in [6, 6.07) is 20.8. The monoisotopic (exact) mass is 388 g/mol. The van der Waals surface area contributed by atoms with Gasteiger partial charge in [-0.25, -0.2) is 14.4 Å². The van der Waals surface area contributed by atoms with Crippen LogP contribution in [0.5, 0.6) is 11.5 Å². The fourth-order valence-corrected chi connectivity index (χ4v) is 2.86. The number of nitrogens with zero attached hydrogens (tertiary/aromatic N) is 2. The molecule has 0 aliphatic rings. The van der Waals surface area contributed by atoms with Crippen LogP contribution in [0.25, 0.3) is 22.2 Å². The molecule has 7 heteroatoms. The van der Waals surface area contributed by atoms with Gasteiger partial charge < -0.3 is 15.8 Å². The van der Waals surface area contributed by atoms with Crippen LogP contribution in [0.15, 0.2) is 72.8 Å². The Morgan fingerprint density at radius 3 is 2.28 bits per heavy atom. The van der Waals surface area contributed by atoms with Crippen molar-refractivity contribution < 1.29 is 13.9 Å². The van der Waals surface area contributed by atoms with E-state index in [1.165, 1.54) is 12.1 Å². The summed E-state index contributed by atoms with van der Waals surface area (Å²) in [5.41, 5.74) is 7.52. The van der Waals surface area contributed by atoms with E-state index < -0.39 is 5.91 Å². The highest BCUT2D eigenvalue weighted by atomic mass is 19.1. The third-order valence-electron chi connectivity index (χ3n) is 4.20. The van der Waals surface area contributed by atoms with Gasteiger partial charge in [-0.05, 0) is 54.6 Å². The minimum Gasteiger partial charge on any atom is -0.457 e. The number of nitrogens with one attached hydrogen (secondary N) is 1. The topological polar surface area (TPSA) is 90.1 Å². The van der Waals surface area contributed by atoms with Crippen LogP contribution in [0.1, 0.15) is 0 Å². The molecule has 0 fully saturated rings. The maximum Gasteiger partial charge on any atom is 0.236 e. The maximum atomic E-state index is 13.0. The Morgan fingerprint density at radius 2 is 1.59 bits per heavy atom. The summed E-state index contributed by atoms with van der Waals surface area (Å²) in [5, 5.41) is 3.72. The lowest BCUT2D eigenvalue weighted by Gasteiger charge is -2.11. The van der Waals surface area contributed by atoms with Gasteiger partial charge in [0.15, 0.2) is 0 Å². The number of halogens is 1. The molecule has 0 radical (unpaired) electrons. The van der Waals surface area contributed by atoms with Gasteiger partial charge in [0.25, 0.3) is 0 Å². The van der Waals surface area contributed by atoms with Gasteiger partial charge in [0, 0.05) is 10.9 Å². The van der Waals surface area contributed by atoms with Gasteiger partial charge in [0.1, 0.15) is 17.3 Å². The number of hydrogen-bond donors (Lipinski definition) is 2. The molecule has 0 spiro atoms. The normalized spacial score (nSPS) is 10.7. The largest absolute Gasteiger partial charge is 0.457 e. The molecule has 0 aliphatic carbocycles. The quantitative estimate of drug-likeness (QED) is 0.518. The highest BCUT2D eigenvalue weighted by Crippen LogP contribution is 2.30. The summed E-state index contributed by atoms with van der Waals surface area (Å²) in [6.45, 7) is -0.0533. The van der Waals surface area contributed by atoms with Crippen LogP contribution >= 0.6 is 0 Å². The number of anilines is 1. The lowest BCUT2D eigenvalue weighted by molar-refractivity contribution is -0.116. The Balaban J connectivity index is 1.66. The van der Waals surface area contributed by atoms with E-state index in [1.54, 1.807) is 12.1 Å². The average Bonchev–Trinajstić information content (AvgIpc) is 2.74. The number of hydrogen-bond acceptors (Lipinski definition) is 5. The first-order chi connectivity index (χ1) is 14.1. The van der Waals surface area contributed by atoms with Crippen LogP contribution in [0, 0.1) is 5.82 Å². The van der Waals surface area contributed by atoms with Crippen LogP contribution in [0.4, 0.5) is 10.3 Å². The molecule has 3 N–H and O–H groups in total. The summed E-state index contributed by atoms with van der Waals surface area (Å²) >= 11 is 0. The number of ether oxygens (including phenoxy) is 1. The molecule has 0 atom stereocenters. The molecule has 1 aromatic heterocycles. The van der Waals surface area contributed by atoms with Gasteiger partial charge in [-0.1, -0.05) is 18.2 Å². The Morgan fingerprint density at radius 1 is 0.931 bits per heavy atom. The van der Waals surface area contributed by atoms with E-state index in [9.17, 15) is 9.18 Å². The lowest BCUT2D eigenvalue weighted by atomic mass is 10.1. The Kier molecular flexibility index (Phi) is 5.03. The van der Waals surface area contributed by atoms with Crippen molar-refractivity contribution >= 4 is 22.8 Å². The van der Waals surface area contributed by atoms with Crippen molar-refractivity contribution in [1.82, 2.24) is 9.97 Å². The predicted octanol–water partition coefficient (Wildman–Crippen LogP) is 4.13. The number of fused-ring (bicyclic) bond motifs is 1. The Hall–Kier alpha value is -4.00.